The molecule has 18 heavy (non-hydrogen) atoms. The van der Waals surface area contributed by atoms with Crippen LogP contribution in [0.4, 0.5) is 14.5 Å². The molecule has 98 valence electrons. The van der Waals surface area contributed by atoms with Gasteiger partial charge in [0.1, 0.15) is 6.10 Å². The van der Waals surface area contributed by atoms with E-state index in [0.717, 1.165) is 3.57 Å². The lowest BCUT2D eigenvalue weighted by Gasteiger charge is -2.12. The number of carbonyl (C=O) groups is 1. The van der Waals surface area contributed by atoms with Gasteiger partial charge in [0.25, 0.3) is 0 Å². The van der Waals surface area contributed by atoms with Gasteiger partial charge in [0, 0.05) is 3.57 Å². The van der Waals surface area contributed by atoms with Gasteiger partial charge in [0.2, 0.25) is 0 Å². The van der Waals surface area contributed by atoms with Crippen molar-refractivity contribution in [3.05, 3.63) is 26.8 Å². The van der Waals surface area contributed by atoms with E-state index in [1.165, 1.54) is 0 Å². The zero-order valence-corrected chi connectivity index (χ0v) is 12.0. The Morgan fingerprint density at radius 3 is 2.83 bits per heavy atom. The van der Waals surface area contributed by atoms with E-state index in [1.54, 1.807) is 12.1 Å². The van der Waals surface area contributed by atoms with Gasteiger partial charge in [0.15, 0.2) is 0 Å². The molecule has 0 spiro atoms. The lowest BCUT2D eigenvalue weighted by Crippen LogP contribution is -2.22. The average molecular weight is 388 g/mol. The Morgan fingerprint density at radius 1 is 1.56 bits per heavy atom. The fourth-order valence-corrected chi connectivity index (χ4v) is 2.54. The number of rotatable bonds is 3. The molecule has 3 nitrogen and oxygen atoms in total. The summed E-state index contributed by atoms with van der Waals surface area (Å²) < 4.78 is 31.4. The van der Waals surface area contributed by atoms with Gasteiger partial charge in [-0.1, -0.05) is 11.6 Å². The summed E-state index contributed by atoms with van der Waals surface area (Å²) in [6, 6.07) is 5.34. The molecule has 1 fully saturated rings. The standard InChI is InChI=1S/C11H9ClF2INO2/c12-8-3-6(15)1-2-9(8)16-5-7-4-11(13,14)10(17)18-7/h1-3,7,16H,4-5H2. The molecule has 1 heterocycles. The summed E-state index contributed by atoms with van der Waals surface area (Å²) in [6.45, 7) is 0.113. The van der Waals surface area contributed by atoms with Crippen molar-refractivity contribution < 1.29 is 18.3 Å². The van der Waals surface area contributed by atoms with Crippen molar-refractivity contribution in [1.29, 1.82) is 0 Å². The molecule has 1 aliphatic rings. The molecule has 1 saturated heterocycles. The first-order valence-corrected chi connectivity index (χ1v) is 6.62. The van der Waals surface area contributed by atoms with Crippen LogP contribution in [0.15, 0.2) is 18.2 Å². The largest absolute Gasteiger partial charge is 0.456 e. The maximum absolute atomic E-state index is 12.9. The van der Waals surface area contributed by atoms with Crippen LogP contribution in [0.3, 0.4) is 0 Å². The molecule has 1 aromatic carbocycles. The fraction of sp³-hybridized carbons (Fsp3) is 0.364. The van der Waals surface area contributed by atoms with Gasteiger partial charge in [-0.25, -0.2) is 4.79 Å². The fourth-order valence-electron chi connectivity index (χ4n) is 1.62. The van der Waals surface area contributed by atoms with Crippen LogP contribution in [0.2, 0.25) is 5.02 Å². The van der Waals surface area contributed by atoms with E-state index in [0.29, 0.717) is 10.7 Å². The predicted molar refractivity (Wildman–Crippen MR) is 72.1 cm³/mol. The third kappa shape index (κ3) is 3.03. The molecule has 1 N–H and O–H groups in total. The lowest BCUT2D eigenvalue weighted by atomic mass is 10.2. The van der Waals surface area contributed by atoms with Gasteiger partial charge in [-0.15, -0.1) is 0 Å². The second-order valence-corrected chi connectivity index (χ2v) is 5.59. The molecule has 2 rings (SSSR count). The summed E-state index contributed by atoms with van der Waals surface area (Å²) in [5, 5.41) is 3.39. The van der Waals surface area contributed by atoms with Crippen molar-refractivity contribution in [2.24, 2.45) is 0 Å². The van der Waals surface area contributed by atoms with E-state index in [4.69, 9.17) is 11.6 Å². The summed E-state index contributed by atoms with van der Waals surface area (Å²) in [5.41, 5.74) is 0.628. The minimum absolute atomic E-state index is 0.113. The molecule has 0 aliphatic carbocycles. The van der Waals surface area contributed by atoms with Crippen molar-refractivity contribution >= 4 is 45.8 Å². The number of ether oxygens (including phenoxy) is 1. The Hall–Kier alpha value is -0.630. The van der Waals surface area contributed by atoms with Crippen molar-refractivity contribution in [2.45, 2.75) is 18.4 Å². The molecule has 1 aromatic rings. The van der Waals surface area contributed by atoms with E-state index in [1.807, 2.05) is 6.07 Å². The second kappa shape index (κ2) is 5.16. The molecule has 1 unspecified atom stereocenters. The smallest absolute Gasteiger partial charge is 0.377 e. The number of halogens is 4. The minimum Gasteiger partial charge on any atom is -0.456 e. The molecular weight excluding hydrogens is 378 g/mol. The highest BCUT2D eigenvalue weighted by atomic mass is 127. The number of carbonyl (C=O) groups excluding carboxylic acids is 1. The minimum atomic E-state index is -3.37. The lowest BCUT2D eigenvalue weighted by molar-refractivity contribution is -0.158. The molecule has 0 aromatic heterocycles. The molecule has 0 bridgehead atoms. The van der Waals surface area contributed by atoms with Crippen LogP contribution in [-0.4, -0.2) is 24.5 Å². The van der Waals surface area contributed by atoms with Crippen LogP contribution in [-0.2, 0) is 9.53 Å². The Balaban J connectivity index is 1.95. The van der Waals surface area contributed by atoms with Crippen molar-refractivity contribution in [1.82, 2.24) is 0 Å². The number of benzene rings is 1. The molecule has 1 atom stereocenters. The van der Waals surface area contributed by atoms with Crippen LogP contribution < -0.4 is 5.32 Å². The SMILES string of the molecule is O=C1OC(CNc2ccc(I)cc2Cl)CC1(F)F. The average Bonchev–Trinajstić information content (AvgIpc) is 2.51. The number of anilines is 1. The molecule has 0 amide bonds. The maximum Gasteiger partial charge on any atom is 0.377 e. The Morgan fingerprint density at radius 2 is 2.28 bits per heavy atom. The van der Waals surface area contributed by atoms with Crippen molar-refractivity contribution in [2.75, 3.05) is 11.9 Å². The monoisotopic (exact) mass is 387 g/mol. The van der Waals surface area contributed by atoms with Crippen LogP contribution >= 0.6 is 34.2 Å². The third-order valence-electron chi connectivity index (χ3n) is 2.51. The van der Waals surface area contributed by atoms with Crippen LogP contribution in [0.1, 0.15) is 6.42 Å². The van der Waals surface area contributed by atoms with E-state index in [9.17, 15) is 13.6 Å². The summed E-state index contributed by atoms with van der Waals surface area (Å²) in [6.07, 6.45) is -1.43. The van der Waals surface area contributed by atoms with Gasteiger partial charge in [-0.2, -0.15) is 8.78 Å². The highest BCUT2D eigenvalue weighted by Crippen LogP contribution is 2.31. The first-order chi connectivity index (χ1) is 8.38. The molecule has 7 heteroatoms. The predicted octanol–water partition coefficient (Wildman–Crippen LogP) is 3.31. The Labute approximate surface area is 121 Å². The topological polar surface area (TPSA) is 38.3 Å². The number of esters is 1. The van der Waals surface area contributed by atoms with Gasteiger partial charge in [-0.05, 0) is 40.8 Å². The van der Waals surface area contributed by atoms with Crippen LogP contribution in [0.5, 0.6) is 0 Å². The summed E-state index contributed by atoms with van der Waals surface area (Å²) >= 11 is 8.09. The molecule has 1 aliphatic heterocycles. The highest BCUT2D eigenvalue weighted by Gasteiger charge is 2.50. The first kappa shape index (κ1) is 13.8. The second-order valence-electron chi connectivity index (χ2n) is 3.94. The van der Waals surface area contributed by atoms with Gasteiger partial charge < -0.3 is 10.1 Å². The zero-order valence-electron chi connectivity index (χ0n) is 9.05. The number of alkyl halides is 2. The highest BCUT2D eigenvalue weighted by molar-refractivity contribution is 14.1. The number of hydrogen-bond donors (Lipinski definition) is 1. The van der Waals surface area contributed by atoms with Crippen molar-refractivity contribution in [3.63, 3.8) is 0 Å². The first-order valence-electron chi connectivity index (χ1n) is 5.16. The Kier molecular flexibility index (Phi) is 3.96. The Bertz CT molecular complexity index is 484. The third-order valence-corrected chi connectivity index (χ3v) is 3.49. The van der Waals surface area contributed by atoms with Gasteiger partial charge in [-0.3, -0.25) is 0 Å². The number of hydrogen-bond acceptors (Lipinski definition) is 3. The number of nitrogens with one attached hydrogen (secondary N) is 1. The normalized spacial score (nSPS) is 21.8. The van der Waals surface area contributed by atoms with Gasteiger partial charge in [0.05, 0.1) is 23.7 Å². The maximum atomic E-state index is 12.9. The molecule has 0 saturated carbocycles. The van der Waals surface area contributed by atoms with E-state index >= 15 is 0 Å². The van der Waals surface area contributed by atoms with E-state index in [2.05, 4.69) is 32.6 Å². The molecular formula is C11H9ClF2INO2. The van der Waals surface area contributed by atoms with Crippen LogP contribution in [0, 0.1) is 3.57 Å². The molecule has 0 radical (unpaired) electrons. The van der Waals surface area contributed by atoms with Gasteiger partial charge >= 0.3 is 11.9 Å². The van der Waals surface area contributed by atoms with Crippen LogP contribution in [0.25, 0.3) is 0 Å². The summed E-state index contributed by atoms with van der Waals surface area (Å²) in [7, 11) is 0. The summed E-state index contributed by atoms with van der Waals surface area (Å²) in [4.78, 5) is 10.8. The number of cyclic esters (lactones) is 1. The van der Waals surface area contributed by atoms with E-state index in [-0.39, 0.29) is 6.54 Å². The van der Waals surface area contributed by atoms with E-state index < -0.39 is 24.4 Å². The van der Waals surface area contributed by atoms with Crippen molar-refractivity contribution in [3.8, 4) is 0 Å². The quantitative estimate of drug-likeness (QED) is 0.639. The summed E-state index contributed by atoms with van der Waals surface area (Å²) in [5.74, 6) is -4.83. The zero-order chi connectivity index (χ0) is 13.3.